The summed E-state index contributed by atoms with van der Waals surface area (Å²) >= 11 is 5.32. The molecule has 0 saturated heterocycles. The van der Waals surface area contributed by atoms with E-state index >= 15 is 0 Å². The topological polar surface area (TPSA) is 110 Å². The highest BCUT2D eigenvalue weighted by Crippen LogP contribution is 2.28. The van der Waals surface area contributed by atoms with Crippen LogP contribution in [0.2, 0.25) is 0 Å². The highest BCUT2D eigenvalue weighted by atomic mass is 32.1. The fourth-order valence-corrected chi connectivity index (χ4v) is 3.07. The Hall–Kier alpha value is -4.05. The molecule has 2 N–H and O–H groups in total. The molecular formula is C21H18N6O3S. The van der Waals surface area contributed by atoms with Crippen LogP contribution in [0.5, 0.6) is 11.5 Å². The standard InChI is InChI=1S/C21H18N6O3S/c1-13(28)30-18-9-8-14(10-19(18)29-2)12-22-27-20(25-26-21(27)31)17-11-16(23-24-17)15-6-4-3-5-7-15/h3-12H,1-2H3,(H,23,24)(H,26,31)/b22-12+. The van der Waals surface area contributed by atoms with Crippen molar-refractivity contribution in [1.82, 2.24) is 25.1 Å². The average molecular weight is 434 g/mol. The van der Waals surface area contributed by atoms with E-state index in [1.54, 1.807) is 24.4 Å². The second kappa shape index (κ2) is 8.76. The SMILES string of the molecule is COc1cc(/C=N/n2c(-c3cc(-c4ccccc4)n[nH]3)n[nH]c2=S)ccc1OC(C)=O. The molecule has 0 radical (unpaired) electrons. The van der Waals surface area contributed by atoms with E-state index in [9.17, 15) is 4.79 Å². The molecule has 0 amide bonds. The number of carbonyl (C=O) groups is 1. The summed E-state index contributed by atoms with van der Waals surface area (Å²) < 4.78 is 12.2. The van der Waals surface area contributed by atoms with Crippen LogP contribution >= 0.6 is 12.2 Å². The minimum Gasteiger partial charge on any atom is -0.493 e. The van der Waals surface area contributed by atoms with Gasteiger partial charge in [0.1, 0.15) is 5.69 Å². The first-order valence-electron chi connectivity index (χ1n) is 9.24. The van der Waals surface area contributed by atoms with Crippen LogP contribution in [0.15, 0.2) is 59.7 Å². The maximum absolute atomic E-state index is 11.2. The Morgan fingerprint density at radius 1 is 1.10 bits per heavy atom. The molecular weight excluding hydrogens is 416 g/mol. The minimum atomic E-state index is -0.427. The predicted molar refractivity (Wildman–Crippen MR) is 118 cm³/mol. The van der Waals surface area contributed by atoms with E-state index in [-0.39, 0.29) is 0 Å². The van der Waals surface area contributed by atoms with Gasteiger partial charge in [0.05, 0.1) is 19.0 Å². The lowest BCUT2D eigenvalue weighted by Crippen LogP contribution is -2.03. The van der Waals surface area contributed by atoms with Crippen molar-refractivity contribution in [1.29, 1.82) is 0 Å². The number of nitrogens with one attached hydrogen (secondary N) is 2. The molecule has 2 heterocycles. The molecule has 2 aromatic carbocycles. The lowest BCUT2D eigenvalue weighted by atomic mass is 10.1. The van der Waals surface area contributed by atoms with E-state index < -0.39 is 5.97 Å². The van der Waals surface area contributed by atoms with Gasteiger partial charge in [-0.05, 0) is 42.0 Å². The molecule has 0 spiro atoms. The summed E-state index contributed by atoms with van der Waals surface area (Å²) in [5, 5.41) is 18.8. The summed E-state index contributed by atoms with van der Waals surface area (Å²) in [6.07, 6.45) is 1.60. The van der Waals surface area contributed by atoms with Gasteiger partial charge in [-0.25, -0.2) is 5.10 Å². The Kier molecular flexibility index (Phi) is 5.72. The second-order valence-electron chi connectivity index (χ2n) is 6.45. The number of hydrogen-bond acceptors (Lipinski definition) is 7. The van der Waals surface area contributed by atoms with Crippen LogP contribution in [0.4, 0.5) is 0 Å². The Balaban J connectivity index is 1.63. The summed E-state index contributed by atoms with van der Waals surface area (Å²) in [6.45, 7) is 1.33. The van der Waals surface area contributed by atoms with E-state index in [2.05, 4.69) is 25.5 Å². The Bertz CT molecular complexity index is 1310. The number of esters is 1. The van der Waals surface area contributed by atoms with Crippen LogP contribution in [0, 0.1) is 4.77 Å². The zero-order valence-electron chi connectivity index (χ0n) is 16.7. The minimum absolute atomic E-state index is 0.325. The molecule has 0 aliphatic rings. The van der Waals surface area contributed by atoms with Gasteiger partial charge in [-0.2, -0.15) is 20.0 Å². The molecule has 9 nitrogen and oxygen atoms in total. The van der Waals surface area contributed by atoms with Crippen molar-refractivity contribution in [3.05, 3.63) is 64.9 Å². The Labute approximate surface area is 182 Å². The van der Waals surface area contributed by atoms with Crippen molar-refractivity contribution in [2.75, 3.05) is 7.11 Å². The largest absolute Gasteiger partial charge is 0.493 e. The zero-order valence-corrected chi connectivity index (χ0v) is 17.5. The van der Waals surface area contributed by atoms with Crippen molar-refractivity contribution in [2.45, 2.75) is 6.92 Å². The van der Waals surface area contributed by atoms with Crippen LogP contribution < -0.4 is 9.47 Å². The number of aromatic amines is 2. The van der Waals surface area contributed by atoms with Crippen LogP contribution in [0.25, 0.3) is 22.8 Å². The molecule has 0 unspecified atom stereocenters. The third-order valence-electron chi connectivity index (χ3n) is 4.30. The molecule has 4 aromatic rings. The zero-order chi connectivity index (χ0) is 21.8. The van der Waals surface area contributed by atoms with Crippen molar-refractivity contribution >= 4 is 24.4 Å². The van der Waals surface area contributed by atoms with E-state index in [0.29, 0.717) is 27.8 Å². The summed E-state index contributed by atoms with van der Waals surface area (Å²) in [7, 11) is 1.50. The molecule has 0 aliphatic heterocycles. The van der Waals surface area contributed by atoms with Gasteiger partial charge in [-0.1, -0.05) is 30.3 Å². The molecule has 4 rings (SSSR count). The van der Waals surface area contributed by atoms with Gasteiger partial charge in [0.25, 0.3) is 0 Å². The summed E-state index contributed by atoms with van der Waals surface area (Å²) in [5.74, 6) is 0.804. The van der Waals surface area contributed by atoms with Crippen molar-refractivity contribution < 1.29 is 14.3 Å². The van der Waals surface area contributed by atoms with Crippen molar-refractivity contribution in [3.63, 3.8) is 0 Å². The summed E-state index contributed by atoms with van der Waals surface area (Å²) in [4.78, 5) is 11.2. The van der Waals surface area contributed by atoms with Gasteiger partial charge in [-0.15, -0.1) is 0 Å². The van der Waals surface area contributed by atoms with Gasteiger partial charge in [0.15, 0.2) is 11.5 Å². The lowest BCUT2D eigenvalue weighted by molar-refractivity contribution is -0.132. The molecule has 10 heteroatoms. The van der Waals surface area contributed by atoms with Gasteiger partial charge in [-0.3, -0.25) is 9.89 Å². The number of aromatic nitrogens is 5. The molecule has 0 fully saturated rings. The number of ether oxygens (including phenoxy) is 2. The Morgan fingerprint density at radius 3 is 2.65 bits per heavy atom. The van der Waals surface area contributed by atoms with E-state index in [1.165, 1.54) is 18.7 Å². The van der Waals surface area contributed by atoms with E-state index in [1.807, 2.05) is 36.4 Å². The molecule has 31 heavy (non-hydrogen) atoms. The molecule has 0 aliphatic carbocycles. The van der Waals surface area contributed by atoms with Crippen LogP contribution in [0.3, 0.4) is 0 Å². The summed E-state index contributed by atoms with van der Waals surface area (Å²) in [5.41, 5.74) is 3.14. The van der Waals surface area contributed by atoms with Gasteiger partial charge >= 0.3 is 5.97 Å². The monoisotopic (exact) mass is 434 g/mol. The van der Waals surface area contributed by atoms with Crippen LogP contribution in [-0.2, 0) is 4.79 Å². The lowest BCUT2D eigenvalue weighted by Gasteiger charge is -2.08. The van der Waals surface area contributed by atoms with E-state index in [4.69, 9.17) is 21.7 Å². The maximum atomic E-state index is 11.2. The summed E-state index contributed by atoms with van der Waals surface area (Å²) in [6, 6.07) is 16.8. The number of methoxy groups -OCH3 is 1. The number of nitrogens with zero attached hydrogens (tertiary/aromatic N) is 4. The highest BCUT2D eigenvalue weighted by Gasteiger charge is 2.13. The second-order valence-corrected chi connectivity index (χ2v) is 6.83. The first-order chi connectivity index (χ1) is 15.0. The fourth-order valence-electron chi connectivity index (χ4n) is 2.89. The quantitative estimate of drug-likeness (QED) is 0.207. The molecule has 0 bridgehead atoms. The smallest absolute Gasteiger partial charge is 0.308 e. The normalized spacial score (nSPS) is 11.0. The third kappa shape index (κ3) is 4.43. The molecule has 0 saturated carbocycles. The van der Waals surface area contributed by atoms with Gasteiger partial charge in [0.2, 0.25) is 10.6 Å². The number of rotatable bonds is 6. The first-order valence-corrected chi connectivity index (χ1v) is 9.65. The first kappa shape index (κ1) is 20.2. The molecule has 2 aromatic heterocycles. The average Bonchev–Trinajstić information content (AvgIpc) is 3.40. The van der Waals surface area contributed by atoms with Crippen molar-refractivity contribution in [2.24, 2.45) is 5.10 Å². The number of benzene rings is 2. The maximum Gasteiger partial charge on any atom is 0.308 e. The highest BCUT2D eigenvalue weighted by molar-refractivity contribution is 7.71. The van der Waals surface area contributed by atoms with E-state index in [0.717, 1.165) is 16.8 Å². The number of H-pyrrole nitrogens is 2. The molecule has 0 atom stereocenters. The Morgan fingerprint density at radius 2 is 1.90 bits per heavy atom. The van der Waals surface area contributed by atoms with Gasteiger partial charge < -0.3 is 9.47 Å². The predicted octanol–water partition coefficient (Wildman–Crippen LogP) is 3.81. The fraction of sp³-hybridized carbons (Fsp3) is 0.0952. The van der Waals surface area contributed by atoms with Crippen LogP contribution in [0.1, 0.15) is 12.5 Å². The molecule has 156 valence electrons. The number of hydrogen-bond donors (Lipinski definition) is 2. The van der Waals surface area contributed by atoms with Crippen LogP contribution in [-0.4, -0.2) is 44.4 Å². The number of carbonyl (C=O) groups excluding carboxylic acids is 1. The van der Waals surface area contributed by atoms with Crippen molar-refractivity contribution in [3.8, 4) is 34.3 Å². The third-order valence-corrected chi connectivity index (χ3v) is 4.57. The van der Waals surface area contributed by atoms with Gasteiger partial charge in [0, 0.05) is 12.5 Å².